The lowest BCUT2D eigenvalue weighted by Crippen LogP contribution is -2.19. The fourth-order valence-electron chi connectivity index (χ4n) is 2.30. The molecule has 0 radical (unpaired) electrons. The first-order valence-electron chi connectivity index (χ1n) is 5.45. The van der Waals surface area contributed by atoms with Crippen LogP contribution in [0.1, 0.15) is 19.0 Å². The smallest absolute Gasteiger partial charge is 0.223 e. The summed E-state index contributed by atoms with van der Waals surface area (Å²) in [7, 11) is 1.99. The van der Waals surface area contributed by atoms with E-state index in [4.69, 9.17) is 0 Å². The number of carbonyl (C=O) groups excluding carboxylic acids is 1. The third kappa shape index (κ3) is 1.89. The maximum absolute atomic E-state index is 11.5. The summed E-state index contributed by atoms with van der Waals surface area (Å²) in [5, 5.41) is 2.93. The zero-order valence-electron chi connectivity index (χ0n) is 9.23. The van der Waals surface area contributed by atoms with E-state index in [1.165, 1.54) is 5.69 Å². The Morgan fingerprint density at radius 3 is 3.07 bits per heavy atom. The molecule has 2 atom stereocenters. The molecule has 1 saturated heterocycles. The number of aryl methyl sites for hydroxylation is 1. The quantitative estimate of drug-likeness (QED) is 0.794. The van der Waals surface area contributed by atoms with Gasteiger partial charge < -0.3 is 9.88 Å². The first kappa shape index (κ1) is 10.2. The van der Waals surface area contributed by atoms with Crippen molar-refractivity contribution >= 4 is 5.91 Å². The first-order valence-corrected chi connectivity index (χ1v) is 5.45. The van der Waals surface area contributed by atoms with Gasteiger partial charge in [-0.1, -0.05) is 6.92 Å². The van der Waals surface area contributed by atoms with Gasteiger partial charge in [-0.3, -0.25) is 4.79 Å². The van der Waals surface area contributed by atoms with Gasteiger partial charge in [0.1, 0.15) is 0 Å². The van der Waals surface area contributed by atoms with Crippen LogP contribution < -0.4 is 5.32 Å². The molecule has 4 heteroatoms. The van der Waals surface area contributed by atoms with E-state index in [2.05, 4.69) is 17.2 Å². The lowest BCUT2D eigenvalue weighted by Gasteiger charge is -2.14. The third-order valence-electron chi connectivity index (χ3n) is 3.27. The van der Waals surface area contributed by atoms with Crippen LogP contribution in [0, 0.1) is 11.8 Å². The Hall–Kier alpha value is -1.32. The molecule has 0 aromatic carbocycles. The molecule has 1 fully saturated rings. The molecule has 2 rings (SSSR count). The van der Waals surface area contributed by atoms with E-state index in [9.17, 15) is 4.79 Å². The largest absolute Gasteiger partial charge is 0.356 e. The Labute approximate surface area is 89.7 Å². The minimum atomic E-state index is 0.180. The van der Waals surface area contributed by atoms with Crippen LogP contribution >= 0.6 is 0 Å². The SMILES string of the molecule is CC[C@@H]1C(=O)NC[C@H]1Cc1cncn1C. The molecule has 4 nitrogen and oxygen atoms in total. The highest BCUT2D eigenvalue weighted by Crippen LogP contribution is 2.24. The number of hydrogen-bond acceptors (Lipinski definition) is 2. The number of hydrogen-bond donors (Lipinski definition) is 1. The van der Waals surface area contributed by atoms with E-state index in [1.54, 1.807) is 6.33 Å². The van der Waals surface area contributed by atoms with E-state index in [0.717, 1.165) is 19.4 Å². The van der Waals surface area contributed by atoms with E-state index < -0.39 is 0 Å². The van der Waals surface area contributed by atoms with E-state index in [-0.39, 0.29) is 11.8 Å². The van der Waals surface area contributed by atoms with Gasteiger partial charge in [0.15, 0.2) is 0 Å². The highest BCUT2D eigenvalue weighted by molar-refractivity contribution is 5.81. The highest BCUT2D eigenvalue weighted by Gasteiger charge is 2.33. The Balaban J connectivity index is 2.06. The van der Waals surface area contributed by atoms with Gasteiger partial charge in [-0.2, -0.15) is 0 Å². The van der Waals surface area contributed by atoms with Crippen molar-refractivity contribution in [2.24, 2.45) is 18.9 Å². The average Bonchev–Trinajstić information content (AvgIpc) is 2.76. The molecular weight excluding hydrogens is 190 g/mol. The number of amides is 1. The highest BCUT2D eigenvalue weighted by atomic mass is 16.2. The fourth-order valence-corrected chi connectivity index (χ4v) is 2.30. The molecule has 15 heavy (non-hydrogen) atoms. The molecule has 1 N–H and O–H groups in total. The summed E-state index contributed by atoms with van der Waals surface area (Å²) >= 11 is 0. The van der Waals surface area contributed by atoms with Gasteiger partial charge in [0.25, 0.3) is 0 Å². The monoisotopic (exact) mass is 207 g/mol. The predicted octanol–water partition coefficient (Wildman–Crippen LogP) is 0.735. The predicted molar refractivity (Wildman–Crippen MR) is 57.2 cm³/mol. The van der Waals surface area contributed by atoms with Gasteiger partial charge in [-0.25, -0.2) is 4.98 Å². The second kappa shape index (κ2) is 4.04. The number of carbonyl (C=O) groups is 1. The zero-order chi connectivity index (χ0) is 10.8. The molecule has 1 aromatic heterocycles. The van der Waals surface area contributed by atoms with Crippen LogP contribution in [0.25, 0.3) is 0 Å². The van der Waals surface area contributed by atoms with Crippen LogP contribution in [0.15, 0.2) is 12.5 Å². The maximum atomic E-state index is 11.5. The molecule has 0 unspecified atom stereocenters. The van der Waals surface area contributed by atoms with Crippen molar-refractivity contribution in [1.82, 2.24) is 14.9 Å². The molecule has 2 heterocycles. The molecule has 0 aliphatic carbocycles. The van der Waals surface area contributed by atoms with Crippen LogP contribution in [0.4, 0.5) is 0 Å². The van der Waals surface area contributed by atoms with E-state index in [1.807, 2.05) is 17.8 Å². The number of nitrogens with zero attached hydrogens (tertiary/aromatic N) is 2. The minimum absolute atomic E-state index is 0.180. The number of imidazole rings is 1. The molecule has 0 bridgehead atoms. The standard InChI is InChI=1S/C11H17N3O/c1-3-10-8(5-13-11(10)15)4-9-6-12-7-14(9)2/h6-8,10H,3-5H2,1-2H3,(H,13,15)/t8-,10+/m1/s1. The zero-order valence-corrected chi connectivity index (χ0v) is 9.23. The van der Waals surface area contributed by atoms with Crippen LogP contribution in [-0.2, 0) is 18.3 Å². The summed E-state index contributed by atoms with van der Waals surface area (Å²) in [4.78, 5) is 15.6. The second-order valence-corrected chi connectivity index (χ2v) is 4.22. The average molecular weight is 207 g/mol. The summed E-state index contributed by atoms with van der Waals surface area (Å²) in [5.74, 6) is 0.822. The first-order chi connectivity index (χ1) is 7.22. The summed E-state index contributed by atoms with van der Waals surface area (Å²) in [5.41, 5.74) is 1.20. The van der Waals surface area contributed by atoms with Crippen molar-refractivity contribution in [1.29, 1.82) is 0 Å². The molecule has 0 spiro atoms. The van der Waals surface area contributed by atoms with Crippen molar-refractivity contribution < 1.29 is 4.79 Å². The summed E-state index contributed by atoms with van der Waals surface area (Å²) in [6, 6.07) is 0. The summed E-state index contributed by atoms with van der Waals surface area (Å²) in [6.45, 7) is 2.88. The Morgan fingerprint density at radius 1 is 1.67 bits per heavy atom. The van der Waals surface area contributed by atoms with Crippen molar-refractivity contribution in [2.45, 2.75) is 19.8 Å². The van der Waals surface area contributed by atoms with Gasteiger partial charge >= 0.3 is 0 Å². The molecule has 0 saturated carbocycles. The van der Waals surface area contributed by atoms with Crippen molar-refractivity contribution in [3.63, 3.8) is 0 Å². The normalized spacial score (nSPS) is 25.6. The second-order valence-electron chi connectivity index (χ2n) is 4.22. The lowest BCUT2D eigenvalue weighted by atomic mass is 9.89. The van der Waals surface area contributed by atoms with Crippen LogP contribution in [0.5, 0.6) is 0 Å². The molecule has 1 amide bonds. The Kier molecular flexibility index (Phi) is 2.75. The third-order valence-corrected chi connectivity index (χ3v) is 3.27. The van der Waals surface area contributed by atoms with E-state index in [0.29, 0.717) is 5.92 Å². The van der Waals surface area contributed by atoms with Gasteiger partial charge in [0.05, 0.1) is 6.33 Å². The topological polar surface area (TPSA) is 46.9 Å². The number of aromatic nitrogens is 2. The van der Waals surface area contributed by atoms with E-state index >= 15 is 0 Å². The number of nitrogens with one attached hydrogen (secondary N) is 1. The van der Waals surface area contributed by atoms with Crippen LogP contribution in [-0.4, -0.2) is 22.0 Å². The van der Waals surface area contributed by atoms with Gasteiger partial charge in [-0.15, -0.1) is 0 Å². The molecule has 1 aliphatic heterocycles. The van der Waals surface area contributed by atoms with Crippen LogP contribution in [0.2, 0.25) is 0 Å². The Morgan fingerprint density at radius 2 is 2.47 bits per heavy atom. The van der Waals surface area contributed by atoms with Crippen molar-refractivity contribution in [3.05, 3.63) is 18.2 Å². The molecular formula is C11H17N3O. The summed E-state index contributed by atoms with van der Waals surface area (Å²) < 4.78 is 2.02. The van der Waals surface area contributed by atoms with Crippen molar-refractivity contribution in [3.8, 4) is 0 Å². The van der Waals surface area contributed by atoms with Crippen LogP contribution in [0.3, 0.4) is 0 Å². The van der Waals surface area contributed by atoms with Gasteiger partial charge in [0, 0.05) is 31.4 Å². The summed E-state index contributed by atoms with van der Waals surface area (Å²) in [6.07, 6.45) is 5.55. The van der Waals surface area contributed by atoms with Gasteiger partial charge in [-0.05, 0) is 18.8 Å². The maximum Gasteiger partial charge on any atom is 0.223 e. The van der Waals surface area contributed by atoms with Gasteiger partial charge in [0.2, 0.25) is 5.91 Å². The lowest BCUT2D eigenvalue weighted by molar-refractivity contribution is -0.123. The Bertz CT molecular complexity index is 358. The molecule has 82 valence electrons. The fraction of sp³-hybridized carbons (Fsp3) is 0.636. The van der Waals surface area contributed by atoms with Crippen molar-refractivity contribution in [2.75, 3.05) is 6.54 Å². The molecule has 1 aromatic rings. The number of rotatable bonds is 3. The minimum Gasteiger partial charge on any atom is -0.356 e. The molecule has 1 aliphatic rings.